The molecule has 18 nitrogen and oxygen atoms in total. The predicted octanol–water partition coefficient (Wildman–Crippen LogP) is 8.10. The predicted molar refractivity (Wildman–Crippen MR) is 277 cm³/mol. The minimum atomic E-state index is -0.220. The van der Waals surface area contributed by atoms with Crippen LogP contribution in [0.1, 0.15) is 51.7 Å². The van der Waals surface area contributed by atoms with Crippen molar-refractivity contribution in [2.45, 2.75) is 66.8 Å². The molecule has 0 fully saturated rings. The lowest BCUT2D eigenvalue weighted by molar-refractivity contribution is -0.122. The molecule has 0 bridgehead atoms. The van der Waals surface area contributed by atoms with Gasteiger partial charge < -0.3 is 49.3 Å². The number of imidazole rings is 2. The topological polar surface area (TPSA) is 206 Å². The second-order valence-electron chi connectivity index (χ2n) is 17.6. The highest BCUT2D eigenvalue weighted by atomic mass is 16.5. The molecule has 4 heterocycles. The van der Waals surface area contributed by atoms with Crippen molar-refractivity contribution in [2.24, 2.45) is 11.8 Å². The fraction of sp³-hybridized carbons (Fsp3) is 0.333. The summed E-state index contributed by atoms with van der Waals surface area (Å²) in [5, 5.41) is 12.5. The summed E-state index contributed by atoms with van der Waals surface area (Å²) in [7, 11) is 0. The molecule has 2 amide bonds. The Labute approximate surface area is 419 Å². The first kappa shape index (κ1) is 50.1. The van der Waals surface area contributed by atoms with E-state index in [-0.39, 0.29) is 51.2 Å². The van der Waals surface area contributed by atoms with Crippen molar-refractivity contribution in [3.63, 3.8) is 0 Å². The number of hydrogen-bond donors (Lipinski definition) is 4. The molecule has 0 saturated heterocycles. The molecule has 4 N–H and O–H groups in total. The van der Waals surface area contributed by atoms with Gasteiger partial charge in [-0.1, -0.05) is 125 Å². The Bertz CT molecular complexity index is 2820. The number of nitrogens with zero attached hydrogens (tertiary/aromatic N) is 8. The maximum Gasteiger partial charge on any atom is 0.247 e. The van der Waals surface area contributed by atoms with Crippen LogP contribution in [0.2, 0.25) is 0 Å². The van der Waals surface area contributed by atoms with Crippen molar-refractivity contribution in [3.05, 3.63) is 133 Å². The molecule has 0 spiro atoms. The number of benzene rings is 4. The lowest BCUT2D eigenvalue weighted by atomic mass is 10.1. The maximum atomic E-state index is 13.2. The second-order valence-corrected chi connectivity index (χ2v) is 17.6. The summed E-state index contributed by atoms with van der Waals surface area (Å²) in [6.45, 7) is 11.7. The van der Waals surface area contributed by atoms with E-state index in [1.54, 1.807) is 21.8 Å². The van der Waals surface area contributed by atoms with E-state index in [1.165, 1.54) is 0 Å². The number of carbonyl (C=O) groups excluding carboxylic acids is 2. The van der Waals surface area contributed by atoms with Crippen molar-refractivity contribution in [1.29, 1.82) is 0 Å². The summed E-state index contributed by atoms with van der Waals surface area (Å²) in [5.74, 6) is 3.23. The van der Waals surface area contributed by atoms with Gasteiger partial charge in [-0.2, -0.15) is 19.9 Å². The Morgan fingerprint density at radius 3 is 1.39 bits per heavy atom. The molecule has 18 heteroatoms. The van der Waals surface area contributed by atoms with E-state index in [2.05, 4.69) is 68.9 Å². The number of rotatable bonds is 27. The molecular formula is C54H62N12O6. The molecule has 4 aromatic carbocycles. The summed E-state index contributed by atoms with van der Waals surface area (Å²) in [5.41, 5.74) is 5.80. The van der Waals surface area contributed by atoms with E-state index < -0.39 is 0 Å². The third-order valence-electron chi connectivity index (χ3n) is 11.9. The van der Waals surface area contributed by atoms with Gasteiger partial charge in [0.15, 0.2) is 22.3 Å². The first-order valence-electron chi connectivity index (χ1n) is 24.5. The van der Waals surface area contributed by atoms with Crippen molar-refractivity contribution in [2.75, 3.05) is 50.0 Å². The summed E-state index contributed by atoms with van der Waals surface area (Å²) < 4.78 is 27.8. The lowest BCUT2D eigenvalue weighted by Crippen LogP contribution is -2.31. The number of carbonyl (C=O) groups is 2. The molecular weight excluding hydrogens is 913 g/mol. The van der Waals surface area contributed by atoms with E-state index in [0.29, 0.717) is 95.6 Å². The fourth-order valence-electron chi connectivity index (χ4n) is 7.37. The summed E-state index contributed by atoms with van der Waals surface area (Å²) >= 11 is 0. The molecule has 2 unspecified atom stereocenters. The van der Waals surface area contributed by atoms with Crippen LogP contribution in [-0.2, 0) is 35.9 Å². The van der Waals surface area contributed by atoms with E-state index in [9.17, 15) is 9.59 Å². The van der Waals surface area contributed by atoms with E-state index in [0.717, 1.165) is 35.1 Å². The van der Waals surface area contributed by atoms with Crippen LogP contribution in [0, 0.1) is 11.8 Å². The van der Waals surface area contributed by atoms with Crippen molar-refractivity contribution >= 4 is 46.0 Å². The Hall–Kier alpha value is -8.28. The van der Waals surface area contributed by atoms with E-state index in [1.807, 2.05) is 109 Å². The van der Waals surface area contributed by atoms with Crippen LogP contribution in [0.3, 0.4) is 0 Å². The Morgan fingerprint density at radius 2 is 0.972 bits per heavy atom. The zero-order valence-corrected chi connectivity index (χ0v) is 41.2. The number of anilines is 2. The molecule has 0 aliphatic heterocycles. The van der Waals surface area contributed by atoms with Crippen molar-refractivity contribution in [3.8, 4) is 34.4 Å². The smallest absolute Gasteiger partial charge is 0.247 e. The van der Waals surface area contributed by atoms with Gasteiger partial charge in [0, 0.05) is 13.1 Å². The highest BCUT2D eigenvalue weighted by molar-refractivity contribution is 5.82. The van der Waals surface area contributed by atoms with Gasteiger partial charge in [0.25, 0.3) is 0 Å². The third-order valence-corrected chi connectivity index (χ3v) is 11.9. The molecule has 0 saturated carbocycles. The highest BCUT2D eigenvalue weighted by Gasteiger charge is 2.19. The number of amides is 2. The average Bonchev–Trinajstić information content (AvgIpc) is 4.02. The first-order chi connectivity index (χ1) is 35.2. The van der Waals surface area contributed by atoms with Crippen LogP contribution in [0.25, 0.3) is 33.5 Å². The van der Waals surface area contributed by atoms with Gasteiger partial charge in [0.1, 0.15) is 51.0 Å². The maximum absolute atomic E-state index is 13.2. The van der Waals surface area contributed by atoms with E-state index >= 15 is 0 Å². The second kappa shape index (κ2) is 25.0. The van der Waals surface area contributed by atoms with Crippen LogP contribution < -0.4 is 40.2 Å². The lowest BCUT2D eigenvalue weighted by Gasteiger charge is -2.13. The molecule has 4 aromatic heterocycles. The molecule has 374 valence electrons. The first-order valence-corrected chi connectivity index (χ1v) is 24.5. The van der Waals surface area contributed by atoms with Crippen molar-refractivity contribution < 1.29 is 28.5 Å². The largest absolute Gasteiger partial charge is 0.492 e. The summed E-state index contributed by atoms with van der Waals surface area (Å²) in [6, 6.07) is 35.1. The third kappa shape index (κ3) is 13.9. The molecule has 72 heavy (non-hydrogen) atoms. The number of hydrogen-bond acceptors (Lipinski definition) is 14. The van der Waals surface area contributed by atoms with Crippen LogP contribution in [0.5, 0.6) is 23.3 Å². The Morgan fingerprint density at radius 1 is 0.542 bits per heavy atom. The SMILES string of the molecule is CCC(C)CNc1nc(OCc2ccccc2)c2ncn(CC(=O)NCCOc3cccc(-c4cccc(OCCNC(=O)Cn5cnc6c(OCc7ccccc7)nc(NCC(C)CC)nc65)c4)c3)c2n1. The monoisotopic (exact) mass is 974 g/mol. The number of fused-ring (bicyclic) bond motifs is 2. The molecule has 0 aliphatic carbocycles. The van der Waals surface area contributed by atoms with Gasteiger partial charge in [-0.3, -0.25) is 9.59 Å². The van der Waals surface area contributed by atoms with Gasteiger partial charge in [-0.05, 0) is 58.4 Å². The summed E-state index contributed by atoms with van der Waals surface area (Å²) in [4.78, 5) is 54.1. The molecule has 8 rings (SSSR count). The molecule has 8 aromatic rings. The molecule has 0 aliphatic rings. The van der Waals surface area contributed by atoms with E-state index in [4.69, 9.17) is 28.9 Å². The average molecular weight is 975 g/mol. The van der Waals surface area contributed by atoms with Crippen LogP contribution in [-0.4, -0.2) is 90.2 Å². The normalized spacial score (nSPS) is 12.0. The summed E-state index contributed by atoms with van der Waals surface area (Å²) in [6.07, 6.45) is 5.17. The number of ether oxygens (including phenoxy) is 4. The van der Waals surface area contributed by atoms with Crippen molar-refractivity contribution in [1.82, 2.24) is 49.7 Å². The number of aromatic nitrogens is 8. The standard InChI is InChI=1S/C54H62N12O6/c1-5-37(3)29-57-53-61-49-47(51(63-53)71-33-39-15-9-7-10-16-39)59-35-65(49)31-45(67)55-23-25-69-43-21-13-19-41(27-43)42-20-14-22-44(28-42)70-26-24-56-46(68)32-66-36-60-48-50(66)62-54(58-30-38(4)6-2)64-52(48)72-34-40-17-11-8-12-18-40/h7-22,27-28,35-38H,5-6,23-26,29-34H2,1-4H3,(H,55,67)(H,56,68)(H,57,61,63)(H,58,62,64). The van der Waals surface area contributed by atoms with Gasteiger partial charge >= 0.3 is 0 Å². The Kier molecular flexibility index (Phi) is 17.4. The Balaban J connectivity index is 0.803. The molecule has 2 atom stereocenters. The number of nitrogens with one attached hydrogen (secondary N) is 4. The van der Waals surface area contributed by atoms with Gasteiger partial charge in [-0.15, -0.1) is 0 Å². The zero-order valence-electron chi connectivity index (χ0n) is 41.2. The highest BCUT2D eigenvalue weighted by Crippen LogP contribution is 2.28. The minimum absolute atomic E-state index is 0.000170. The molecule has 0 radical (unpaired) electrons. The quantitative estimate of drug-likeness (QED) is 0.0360. The zero-order chi connectivity index (χ0) is 50.1. The van der Waals surface area contributed by atoms with Crippen LogP contribution in [0.15, 0.2) is 122 Å². The minimum Gasteiger partial charge on any atom is -0.492 e. The fourth-order valence-corrected chi connectivity index (χ4v) is 7.37. The van der Waals surface area contributed by atoms with Crippen LogP contribution >= 0.6 is 0 Å². The van der Waals surface area contributed by atoms with Gasteiger partial charge in [0.2, 0.25) is 35.5 Å². The van der Waals surface area contributed by atoms with Gasteiger partial charge in [0.05, 0.1) is 25.7 Å². The van der Waals surface area contributed by atoms with Gasteiger partial charge in [-0.25, -0.2) is 9.97 Å². The van der Waals surface area contributed by atoms with Crippen LogP contribution in [0.4, 0.5) is 11.9 Å².